The van der Waals surface area contributed by atoms with Crippen LogP contribution < -0.4 is 0 Å². The lowest BCUT2D eigenvalue weighted by molar-refractivity contribution is 0.180. The molecule has 1 aromatic carbocycles. The van der Waals surface area contributed by atoms with Gasteiger partial charge < -0.3 is 4.98 Å². The number of nitrogens with one attached hydrogen (secondary N) is 1. The average Bonchev–Trinajstić information content (AvgIpc) is 2.73. The van der Waals surface area contributed by atoms with Crippen LogP contribution in [0.4, 0.5) is 0 Å². The molecule has 1 aromatic heterocycles. The molecule has 3 nitrogen and oxygen atoms in total. The van der Waals surface area contributed by atoms with Gasteiger partial charge in [0.1, 0.15) is 5.82 Å². The van der Waals surface area contributed by atoms with Crippen LogP contribution >= 0.6 is 0 Å². The molecule has 2 aromatic rings. The van der Waals surface area contributed by atoms with E-state index in [0.29, 0.717) is 6.04 Å². The van der Waals surface area contributed by atoms with Gasteiger partial charge in [-0.3, -0.25) is 4.90 Å². The Morgan fingerprint density at radius 2 is 2.19 bits per heavy atom. The molecule has 1 fully saturated rings. The van der Waals surface area contributed by atoms with Gasteiger partial charge in [-0.25, -0.2) is 4.98 Å². The molecule has 1 aliphatic rings. The Bertz CT molecular complexity index is 456. The second kappa shape index (κ2) is 3.91. The smallest absolute Gasteiger partial charge is 0.124 e. The van der Waals surface area contributed by atoms with Crippen LogP contribution in [-0.2, 0) is 0 Å². The summed E-state index contributed by atoms with van der Waals surface area (Å²) in [6, 6.07) is 8.72. The number of piperidine rings is 1. The summed E-state index contributed by atoms with van der Waals surface area (Å²) in [5, 5.41) is 0. The topological polar surface area (TPSA) is 31.9 Å². The number of imidazole rings is 1. The van der Waals surface area contributed by atoms with Crippen molar-refractivity contribution in [3.8, 4) is 0 Å². The number of benzene rings is 1. The van der Waals surface area contributed by atoms with Crippen LogP contribution in [0.2, 0.25) is 0 Å². The standard InChI is InChI=1S/C13H17N3/c1-16-9-5-4-8-12(16)13-14-10-6-2-3-7-11(10)15-13/h2-3,6-7,12H,4-5,8-9H2,1H3,(H,14,15)/t12-/m0/s1. The maximum atomic E-state index is 4.69. The van der Waals surface area contributed by atoms with E-state index in [2.05, 4.69) is 40.1 Å². The number of fused-ring (bicyclic) bond motifs is 1. The Kier molecular flexibility index (Phi) is 2.40. The summed E-state index contributed by atoms with van der Waals surface area (Å²) in [6.45, 7) is 1.18. The minimum Gasteiger partial charge on any atom is -0.341 e. The van der Waals surface area contributed by atoms with Crippen molar-refractivity contribution < 1.29 is 0 Å². The molecular weight excluding hydrogens is 198 g/mol. The van der Waals surface area contributed by atoms with E-state index >= 15 is 0 Å². The first-order valence-corrected chi connectivity index (χ1v) is 5.99. The summed E-state index contributed by atoms with van der Waals surface area (Å²) in [5.74, 6) is 1.13. The van der Waals surface area contributed by atoms with Gasteiger partial charge in [-0.1, -0.05) is 18.6 Å². The van der Waals surface area contributed by atoms with Crippen LogP contribution in [0.25, 0.3) is 11.0 Å². The predicted octanol–water partition coefficient (Wildman–Crippen LogP) is 2.72. The number of para-hydroxylation sites is 2. The van der Waals surface area contributed by atoms with Gasteiger partial charge in [-0.2, -0.15) is 0 Å². The lowest BCUT2D eigenvalue weighted by atomic mass is 10.0. The van der Waals surface area contributed by atoms with Gasteiger partial charge in [-0.05, 0) is 38.6 Å². The Morgan fingerprint density at radius 1 is 1.31 bits per heavy atom. The number of aromatic nitrogens is 2. The van der Waals surface area contributed by atoms with Gasteiger partial charge in [0.05, 0.1) is 17.1 Å². The van der Waals surface area contributed by atoms with E-state index in [1.807, 2.05) is 6.07 Å². The first kappa shape index (κ1) is 9.85. The summed E-state index contributed by atoms with van der Waals surface area (Å²) in [6.07, 6.45) is 3.84. The summed E-state index contributed by atoms with van der Waals surface area (Å²) in [4.78, 5) is 10.5. The lowest BCUT2D eigenvalue weighted by Gasteiger charge is -2.30. The van der Waals surface area contributed by atoms with Crippen molar-refractivity contribution in [2.24, 2.45) is 0 Å². The second-order valence-corrected chi connectivity index (χ2v) is 4.63. The first-order chi connectivity index (χ1) is 7.84. The summed E-state index contributed by atoms with van der Waals surface area (Å²) in [7, 11) is 2.19. The minimum atomic E-state index is 0.473. The monoisotopic (exact) mass is 215 g/mol. The van der Waals surface area contributed by atoms with Crippen LogP contribution in [0, 0.1) is 0 Å². The molecule has 0 aliphatic carbocycles. The third-order valence-corrected chi connectivity index (χ3v) is 3.49. The fraction of sp³-hybridized carbons (Fsp3) is 0.462. The molecule has 1 atom stereocenters. The Labute approximate surface area is 95.5 Å². The van der Waals surface area contributed by atoms with E-state index in [-0.39, 0.29) is 0 Å². The zero-order valence-corrected chi connectivity index (χ0v) is 9.61. The summed E-state index contributed by atoms with van der Waals surface area (Å²) < 4.78 is 0. The van der Waals surface area contributed by atoms with Gasteiger partial charge in [0.15, 0.2) is 0 Å². The van der Waals surface area contributed by atoms with Crippen molar-refractivity contribution in [2.45, 2.75) is 25.3 Å². The highest BCUT2D eigenvalue weighted by atomic mass is 15.2. The molecule has 3 rings (SSSR count). The SMILES string of the molecule is CN1CCCC[C@H]1c1nc2ccccc2[nH]1. The van der Waals surface area contributed by atoms with E-state index in [4.69, 9.17) is 0 Å². The number of rotatable bonds is 1. The van der Waals surface area contributed by atoms with Crippen molar-refractivity contribution in [1.82, 2.24) is 14.9 Å². The molecule has 0 radical (unpaired) electrons. The number of H-pyrrole nitrogens is 1. The number of nitrogens with zero attached hydrogens (tertiary/aromatic N) is 2. The van der Waals surface area contributed by atoms with E-state index < -0.39 is 0 Å². The second-order valence-electron chi connectivity index (χ2n) is 4.63. The molecule has 1 aliphatic heterocycles. The number of hydrogen-bond acceptors (Lipinski definition) is 2. The van der Waals surface area contributed by atoms with E-state index in [1.54, 1.807) is 0 Å². The van der Waals surface area contributed by atoms with Gasteiger partial charge in [-0.15, -0.1) is 0 Å². The van der Waals surface area contributed by atoms with Crippen molar-refractivity contribution >= 4 is 11.0 Å². The van der Waals surface area contributed by atoms with Crippen LogP contribution in [0.1, 0.15) is 31.1 Å². The molecule has 0 spiro atoms. The highest BCUT2D eigenvalue weighted by Crippen LogP contribution is 2.28. The Morgan fingerprint density at radius 3 is 3.00 bits per heavy atom. The first-order valence-electron chi connectivity index (χ1n) is 5.99. The van der Waals surface area contributed by atoms with Crippen molar-refractivity contribution in [1.29, 1.82) is 0 Å². The predicted molar refractivity (Wildman–Crippen MR) is 65.3 cm³/mol. The highest BCUT2D eigenvalue weighted by molar-refractivity contribution is 5.74. The van der Waals surface area contributed by atoms with Crippen molar-refractivity contribution in [3.05, 3.63) is 30.1 Å². The third-order valence-electron chi connectivity index (χ3n) is 3.49. The highest BCUT2D eigenvalue weighted by Gasteiger charge is 2.23. The molecular formula is C13H17N3. The molecule has 0 unspecified atom stereocenters. The maximum Gasteiger partial charge on any atom is 0.124 e. The van der Waals surface area contributed by atoms with Crippen LogP contribution in [0.5, 0.6) is 0 Å². The third kappa shape index (κ3) is 1.61. The molecule has 1 N–H and O–H groups in total. The molecule has 84 valence electrons. The molecule has 0 saturated carbocycles. The molecule has 2 heterocycles. The number of aromatic amines is 1. The molecule has 1 saturated heterocycles. The average molecular weight is 215 g/mol. The van der Waals surface area contributed by atoms with Gasteiger partial charge in [0.25, 0.3) is 0 Å². The quantitative estimate of drug-likeness (QED) is 0.793. The normalized spacial score (nSPS) is 22.7. The fourth-order valence-electron chi connectivity index (χ4n) is 2.55. The fourth-order valence-corrected chi connectivity index (χ4v) is 2.55. The van der Waals surface area contributed by atoms with Crippen molar-refractivity contribution in [2.75, 3.05) is 13.6 Å². The van der Waals surface area contributed by atoms with Crippen molar-refractivity contribution in [3.63, 3.8) is 0 Å². The van der Waals surface area contributed by atoms with E-state index in [1.165, 1.54) is 25.8 Å². The summed E-state index contributed by atoms with van der Waals surface area (Å²) >= 11 is 0. The zero-order valence-electron chi connectivity index (χ0n) is 9.61. The Hall–Kier alpha value is -1.35. The molecule has 16 heavy (non-hydrogen) atoms. The molecule has 0 amide bonds. The lowest BCUT2D eigenvalue weighted by Crippen LogP contribution is -2.30. The van der Waals surface area contributed by atoms with Crippen LogP contribution in [-0.4, -0.2) is 28.5 Å². The minimum absolute atomic E-state index is 0.473. The Balaban J connectivity index is 1.98. The number of likely N-dealkylation sites (tertiary alicyclic amines) is 1. The molecule has 0 bridgehead atoms. The van der Waals surface area contributed by atoms with Crippen LogP contribution in [0.3, 0.4) is 0 Å². The zero-order chi connectivity index (χ0) is 11.0. The number of hydrogen-bond donors (Lipinski definition) is 1. The molecule has 3 heteroatoms. The summed E-state index contributed by atoms with van der Waals surface area (Å²) in [5.41, 5.74) is 2.23. The van der Waals surface area contributed by atoms with E-state index in [0.717, 1.165) is 16.9 Å². The van der Waals surface area contributed by atoms with Crippen LogP contribution in [0.15, 0.2) is 24.3 Å². The van der Waals surface area contributed by atoms with E-state index in [9.17, 15) is 0 Å². The van der Waals surface area contributed by atoms with Gasteiger partial charge >= 0.3 is 0 Å². The van der Waals surface area contributed by atoms with Gasteiger partial charge in [0, 0.05) is 0 Å². The largest absolute Gasteiger partial charge is 0.341 e. The maximum absolute atomic E-state index is 4.69. The van der Waals surface area contributed by atoms with Gasteiger partial charge in [0.2, 0.25) is 0 Å².